The molecule has 1 aromatic carbocycles. The number of rotatable bonds is 3. The van der Waals surface area contributed by atoms with Gasteiger partial charge in [0.25, 0.3) is 0 Å². The van der Waals surface area contributed by atoms with Crippen LogP contribution in [0.5, 0.6) is 5.75 Å². The van der Waals surface area contributed by atoms with E-state index in [0.29, 0.717) is 17.0 Å². The van der Waals surface area contributed by atoms with Gasteiger partial charge in [0.1, 0.15) is 11.0 Å². The monoisotopic (exact) mass is 358 g/mol. The quantitative estimate of drug-likeness (QED) is 0.881. The minimum absolute atomic E-state index is 0.138. The Labute approximate surface area is 141 Å². The molecule has 0 aromatic heterocycles. The van der Waals surface area contributed by atoms with Crippen LogP contribution in [-0.4, -0.2) is 28.8 Å². The molecular formula is C16H17F3N2O2S. The van der Waals surface area contributed by atoms with E-state index in [1.165, 1.54) is 30.0 Å². The Morgan fingerprint density at radius 2 is 2.08 bits per heavy atom. The van der Waals surface area contributed by atoms with Gasteiger partial charge in [-0.25, -0.2) is 0 Å². The van der Waals surface area contributed by atoms with Gasteiger partial charge in [-0.15, -0.1) is 24.9 Å². The Hall–Kier alpha value is -1.70. The maximum absolute atomic E-state index is 12.5. The third kappa shape index (κ3) is 3.24. The lowest BCUT2D eigenvalue weighted by atomic mass is 9.82. The minimum Gasteiger partial charge on any atom is -0.406 e. The summed E-state index contributed by atoms with van der Waals surface area (Å²) in [5.41, 5.74) is 1.07. The normalized spacial score (nSPS) is 22.1. The lowest BCUT2D eigenvalue weighted by Gasteiger charge is -2.41. The van der Waals surface area contributed by atoms with Crippen LogP contribution in [0.25, 0.3) is 0 Å². The van der Waals surface area contributed by atoms with Gasteiger partial charge < -0.3 is 10.1 Å². The molecule has 1 saturated heterocycles. The Balaban J connectivity index is 1.92. The molecule has 0 spiro atoms. The van der Waals surface area contributed by atoms with Gasteiger partial charge in [-0.3, -0.25) is 9.79 Å². The van der Waals surface area contributed by atoms with Crippen molar-refractivity contribution in [1.29, 1.82) is 0 Å². The number of aliphatic imine (C=N–C) groups is 1. The number of carbonyl (C=O) groups excluding carboxylic acids is 1. The summed E-state index contributed by atoms with van der Waals surface area (Å²) < 4.78 is 41.0. The number of thioether (sulfide) groups is 1. The van der Waals surface area contributed by atoms with Gasteiger partial charge in [0.05, 0.1) is 5.69 Å². The molecule has 2 heterocycles. The van der Waals surface area contributed by atoms with Gasteiger partial charge in [-0.05, 0) is 31.0 Å². The number of benzene rings is 1. The van der Waals surface area contributed by atoms with Crippen molar-refractivity contribution in [3.05, 3.63) is 18.2 Å². The van der Waals surface area contributed by atoms with E-state index in [1.54, 1.807) is 0 Å². The van der Waals surface area contributed by atoms with Crippen molar-refractivity contribution in [3.63, 3.8) is 0 Å². The molecule has 1 aromatic rings. The highest BCUT2D eigenvalue weighted by Gasteiger charge is 2.43. The predicted octanol–water partition coefficient (Wildman–Crippen LogP) is 4.21. The van der Waals surface area contributed by atoms with Crippen LogP contribution in [0.1, 0.15) is 33.1 Å². The summed E-state index contributed by atoms with van der Waals surface area (Å²) in [7, 11) is 0. The number of ether oxygens (including phenoxy) is 1. The standard InChI is InChI=1S/C16H17F3N2O2S/c1-3-15(4-2)8-11-13(14(22)21-15)24-12-7-9(23-16(17,18)19)5-6-10(12)20-11/h5-7,13H,3-4,8H2,1-2H3,(H,21,22). The molecule has 8 heteroatoms. The van der Waals surface area contributed by atoms with E-state index in [0.717, 1.165) is 18.6 Å². The summed E-state index contributed by atoms with van der Waals surface area (Å²) in [5.74, 6) is -0.443. The predicted molar refractivity (Wildman–Crippen MR) is 85.9 cm³/mol. The van der Waals surface area contributed by atoms with Crippen LogP contribution < -0.4 is 10.1 Å². The van der Waals surface area contributed by atoms with E-state index in [4.69, 9.17) is 0 Å². The second-order valence-electron chi connectivity index (χ2n) is 5.93. The lowest BCUT2D eigenvalue weighted by molar-refractivity contribution is -0.274. The third-order valence-corrected chi connectivity index (χ3v) is 5.78. The third-order valence-electron chi connectivity index (χ3n) is 4.48. The zero-order valence-corrected chi connectivity index (χ0v) is 14.1. The van der Waals surface area contributed by atoms with Crippen LogP contribution in [-0.2, 0) is 4.79 Å². The number of hydrogen-bond donors (Lipinski definition) is 1. The van der Waals surface area contributed by atoms with Crippen molar-refractivity contribution in [2.75, 3.05) is 0 Å². The van der Waals surface area contributed by atoms with E-state index in [-0.39, 0.29) is 17.2 Å². The van der Waals surface area contributed by atoms with E-state index < -0.39 is 11.6 Å². The largest absolute Gasteiger partial charge is 0.573 e. The van der Waals surface area contributed by atoms with E-state index in [2.05, 4.69) is 15.0 Å². The first-order valence-corrected chi connectivity index (χ1v) is 8.59. The molecule has 1 atom stereocenters. The fraction of sp³-hybridized carbons (Fsp3) is 0.500. The van der Waals surface area contributed by atoms with Gasteiger partial charge in [0, 0.05) is 22.6 Å². The smallest absolute Gasteiger partial charge is 0.406 e. The molecule has 2 aliphatic rings. The molecule has 130 valence electrons. The number of nitrogens with zero attached hydrogens (tertiary/aromatic N) is 1. The van der Waals surface area contributed by atoms with Crippen molar-refractivity contribution in [2.45, 2.75) is 55.2 Å². The zero-order valence-electron chi connectivity index (χ0n) is 13.2. The van der Waals surface area contributed by atoms with E-state index in [9.17, 15) is 18.0 Å². The minimum atomic E-state index is -4.74. The maximum atomic E-state index is 12.5. The van der Waals surface area contributed by atoms with Gasteiger partial charge in [0.15, 0.2) is 0 Å². The summed E-state index contributed by atoms with van der Waals surface area (Å²) >= 11 is 1.22. The summed E-state index contributed by atoms with van der Waals surface area (Å²) in [6, 6.07) is 4.02. The molecule has 0 bridgehead atoms. The lowest BCUT2D eigenvalue weighted by Crippen LogP contribution is -2.59. The van der Waals surface area contributed by atoms with Crippen molar-refractivity contribution < 1.29 is 22.7 Å². The molecule has 1 N–H and O–H groups in total. The molecule has 3 rings (SSSR count). The highest BCUT2D eigenvalue weighted by molar-refractivity contribution is 8.01. The molecule has 0 radical (unpaired) electrons. The molecule has 1 amide bonds. The molecular weight excluding hydrogens is 341 g/mol. The Bertz CT molecular complexity index is 699. The zero-order chi connectivity index (χ0) is 17.5. The Morgan fingerprint density at radius 3 is 2.71 bits per heavy atom. The summed E-state index contributed by atoms with van der Waals surface area (Å²) in [6.45, 7) is 4.05. The van der Waals surface area contributed by atoms with Crippen LogP contribution in [0.2, 0.25) is 0 Å². The summed E-state index contributed by atoms with van der Waals surface area (Å²) in [5, 5.41) is 2.56. The number of carbonyl (C=O) groups is 1. The van der Waals surface area contributed by atoms with E-state index in [1.807, 2.05) is 13.8 Å². The van der Waals surface area contributed by atoms with Crippen LogP contribution in [0.3, 0.4) is 0 Å². The van der Waals surface area contributed by atoms with Crippen LogP contribution in [0.15, 0.2) is 28.1 Å². The average molecular weight is 358 g/mol. The van der Waals surface area contributed by atoms with Crippen LogP contribution in [0.4, 0.5) is 18.9 Å². The number of nitrogens with one attached hydrogen (secondary N) is 1. The van der Waals surface area contributed by atoms with E-state index >= 15 is 0 Å². The molecule has 0 saturated carbocycles. The summed E-state index contributed by atoms with van der Waals surface area (Å²) in [4.78, 5) is 17.5. The van der Waals surface area contributed by atoms with Crippen molar-refractivity contribution in [3.8, 4) is 5.75 Å². The van der Waals surface area contributed by atoms with Crippen LogP contribution >= 0.6 is 11.8 Å². The first-order valence-electron chi connectivity index (χ1n) is 7.71. The molecule has 4 nitrogen and oxygen atoms in total. The van der Waals surface area contributed by atoms with Gasteiger partial charge in [-0.2, -0.15) is 0 Å². The fourth-order valence-electron chi connectivity index (χ4n) is 3.02. The topological polar surface area (TPSA) is 50.7 Å². The van der Waals surface area contributed by atoms with Gasteiger partial charge in [0.2, 0.25) is 5.91 Å². The first-order chi connectivity index (χ1) is 11.3. The molecule has 1 fully saturated rings. The average Bonchev–Trinajstić information content (AvgIpc) is 2.52. The number of piperidine rings is 1. The number of halogens is 3. The molecule has 1 unspecified atom stereocenters. The fourth-order valence-corrected chi connectivity index (χ4v) is 4.13. The second-order valence-corrected chi connectivity index (χ2v) is 7.08. The van der Waals surface area contributed by atoms with Gasteiger partial charge >= 0.3 is 6.36 Å². The number of amides is 1. The Kier molecular flexibility index (Phi) is 4.27. The number of hydrogen-bond acceptors (Lipinski definition) is 4. The highest BCUT2D eigenvalue weighted by atomic mass is 32.2. The van der Waals surface area contributed by atoms with Gasteiger partial charge in [-0.1, -0.05) is 13.8 Å². The number of fused-ring (bicyclic) bond motifs is 2. The van der Waals surface area contributed by atoms with Crippen molar-refractivity contribution in [1.82, 2.24) is 5.32 Å². The highest BCUT2D eigenvalue weighted by Crippen LogP contribution is 2.44. The SMILES string of the molecule is CCC1(CC)CC2=Nc3ccc(OC(F)(F)F)cc3SC2C(=O)N1. The maximum Gasteiger partial charge on any atom is 0.573 e. The number of alkyl halides is 3. The second kappa shape index (κ2) is 5.98. The molecule has 0 aliphatic carbocycles. The van der Waals surface area contributed by atoms with Crippen LogP contribution in [0, 0.1) is 0 Å². The Morgan fingerprint density at radius 1 is 1.38 bits per heavy atom. The summed E-state index contributed by atoms with van der Waals surface area (Å²) in [6.07, 6.45) is -2.48. The first kappa shape index (κ1) is 17.1. The molecule has 24 heavy (non-hydrogen) atoms. The van der Waals surface area contributed by atoms with Crippen molar-refractivity contribution >= 4 is 29.1 Å². The molecule has 2 aliphatic heterocycles. The van der Waals surface area contributed by atoms with Crippen molar-refractivity contribution in [2.24, 2.45) is 4.99 Å².